The summed E-state index contributed by atoms with van der Waals surface area (Å²) in [6, 6.07) is 3.41. The second-order valence-electron chi connectivity index (χ2n) is 4.74. The monoisotopic (exact) mass is 295 g/mol. The molecule has 2 N–H and O–H groups in total. The van der Waals surface area contributed by atoms with Gasteiger partial charge in [-0.2, -0.15) is 0 Å². The molecule has 2 amide bonds. The smallest absolute Gasteiger partial charge is 0.408 e. The van der Waals surface area contributed by atoms with Crippen LogP contribution in [0.4, 0.5) is 15.0 Å². The molecule has 1 aliphatic rings. The number of anilines is 1. The highest BCUT2D eigenvalue weighted by atomic mass is 19.1. The van der Waals surface area contributed by atoms with Crippen LogP contribution in [-0.4, -0.2) is 51.5 Å². The normalized spacial score (nSPS) is 21.1. The zero-order valence-electron chi connectivity index (χ0n) is 11.2. The summed E-state index contributed by atoms with van der Waals surface area (Å²) >= 11 is 0. The molecule has 1 saturated heterocycles. The highest BCUT2D eigenvalue weighted by Gasteiger charge is 2.40. The van der Waals surface area contributed by atoms with Gasteiger partial charge >= 0.3 is 6.09 Å². The molecular formula is C13H14FN3O4. The van der Waals surface area contributed by atoms with Gasteiger partial charge in [0.25, 0.3) is 0 Å². The summed E-state index contributed by atoms with van der Waals surface area (Å²) in [4.78, 5) is 38.9. The first-order valence-electron chi connectivity index (χ1n) is 6.31. The van der Waals surface area contributed by atoms with E-state index in [-0.39, 0.29) is 30.3 Å². The molecule has 112 valence electrons. The molecule has 0 bridgehead atoms. The molecule has 1 aliphatic heterocycles. The number of carboxylic acid groups (broad SMARTS) is 1. The summed E-state index contributed by atoms with van der Waals surface area (Å²) in [5.41, 5.74) is 0.178. The zero-order valence-corrected chi connectivity index (χ0v) is 11.2. The van der Waals surface area contributed by atoms with E-state index in [0.717, 1.165) is 4.90 Å². The van der Waals surface area contributed by atoms with Crippen LogP contribution >= 0.6 is 0 Å². The van der Waals surface area contributed by atoms with Crippen LogP contribution in [0, 0.1) is 0 Å². The van der Waals surface area contributed by atoms with E-state index in [1.165, 1.54) is 19.1 Å². The third-order valence-electron chi connectivity index (χ3n) is 3.16. The minimum Gasteiger partial charge on any atom is -0.465 e. The highest BCUT2D eigenvalue weighted by molar-refractivity contribution is 5.97. The summed E-state index contributed by atoms with van der Waals surface area (Å²) in [5, 5.41) is 11.4. The first-order valence-corrected chi connectivity index (χ1v) is 6.31. The van der Waals surface area contributed by atoms with E-state index in [0.29, 0.717) is 0 Å². The highest BCUT2D eigenvalue weighted by Crippen LogP contribution is 2.21. The molecule has 2 atom stereocenters. The van der Waals surface area contributed by atoms with Gasteiger partial charge in [-0.3, -0.25) is 14.5 Å². The molecule has 0 radical (unpaired) electrons. The van der Waals surface area contributed by atoms with Crippen molar-refractivity contribution in [2.24, 2.45) is 0 Å². The number of hydrogen-bond acceptors (Lipinski definition) is 4. The topological polar surface area (TPSA) is 99.6 Å². The van der Waals surface area contributed by atoms with E-state index in [4.69, 9.17) is 5.11 Å². The summed E-state index contributed by atoms with van der Waals surface area (Å²) in [7, 11) is 0. The second-order valence-corrected chi connectivity index (χ2v) is 4.74. The van der Waals surface area contributed by atoms with E-state index in [1.807, 2.05) is 0 Å². The number of hydrogen-bond donors (Lipinski definition) is 2. The summed E-state index contributed by atoms with van der Waals surface area (Å²) in [6.45, 7) is 1.01. The number of nitrogens with one attached hydrogen (secondary N) is 1. The Morgan fingerprint density at radius 1 is 1.43 bits per heavy atom. The SMILES string of the molecule is CC(=O)c1cccc(NC(=O)[C@@H]2C[C@@H](F)CN2C(=O)O)n1. The van der Waals surface area contributed by atoms with Crippen molar-refractivity contribution in [3.8, 4) is 0 Å². The van der Waals surface area contributed by atoms with Crippen molar-refractivity contribution >= 4 is 23.6 Å². The van der Waals surface area contributed by atoms with Gasteiger partial charge in [0.05, 0.1) is 6.54 Å². The molecule has 1 aromatic heterocycles. The van der Waals surface area contributed by atoms with Crippen LogP contribution in [0.25, 0.3) is 0 Å². The number of halogens is 1. The van der Waals surface area contributed by atoms with Gasteiger partial charge in [0, 0.05) is 13.3 Å². The van der Waals surface area contributed by atoms with E-state index in [1.54, 1.807) is 6.07 Å². The van der Waals surface area contributed by atoms with Crippen molar-refractivity contribution in [2.45, 2.75) is 25.6 Å². The molecule has 0 unspecified atom stereocenters. The third kappa shape index (κ3) is 3.33. The second kappa shape index (κ2) is 5.86. The van der Waals surface area contributed by atoms with Crippen molar-refractivity contribution in [2.75, 3.05) is 11.9 Å². The van der Waals surface area contributed by atoms with Crippen molar-refractivity contribution in [1.29, 1.82) is 0 Å². The first kappa shape index (κ1) is 14.9. The number of pyridine rings is 1. The summed E-state index contributed by atoms with van der Waals surface area (Å²) < 4.78 is 13.3. The molecule has 0 spiro atoms. The maximum atomic E-state index is 13.3. The van der Waals surface area contributed by atoms with Crippen LogP contribution in [-0.2, 0) is 4.79 Å². The average molecular weight is 295 g/mol. The number of carbonyl (C=O) groups is 3. The maximum absolute atomic E-state index is 13.3. The Labute approximate surface area is 119 Å². The van der Waals surface area contributed by atoms with Crippen LogP contribution in [0.5, 0.6) is 0 Å². The maximum Gasteiger partial charge on any atom is 0.408 e. The Hall–Kier alpha value is -2.51. The van der Waals surface area contributed by atoms with Gasteiger partial charge < -0.3 is 10.4 Å². The Morgan fingerprint density at radius 3 is 2.76 bits per heavy atom. The molecule has 8 heteroatoms. The lowest BCUT2D eigenvalue weighted by atomic mass is 10.2. The molecule has 7 nitrogen and oxygen atoms in total. The van der Waals surface area contributed by atoms with Crippen LogP contribution in [0.1, 0.15) is 23.8 Å². The van der Waals surface area contributed by atoms with Gasteiger partial charge in [0.2, 0.25) is 5.91 Å². The van der Waals surface area contributed by atoms with Crippen LogP contribution in [0.3, 0.4) is 0 Å². The minimum atomic E-state index is -1.37. The number of aromatic nitrogens is 1. The molecular weight excluding hydrogens is 281 g/mol. The lowest BCUT2D eigenvalue weighted by molar-refractivity contribution is -0.120. The molecule has 1 fully saturated rings. The van der Waals surface area contributed by atoms with Crippen LogP contribution < -0.4 is 5.32 Å². The summed E-state index contributed by atoms with van der Waals surface area (Å²) in [6.07, 6.45) is -2.90. The molecule has 1 aromatic rings. The molecule has 21 heavy (non-hydrogen) atoms. The Balaban J connectivity index is 2.12. The zero-order chi connectivity index (χ0) is 15.6. The van der Waals surface area contributed by atoms with E-state index >= 15 is 0 Å². The van der Waals surface area contributed by atoms with Gasteiger partial charge in [-0.1, -0.05) is 6.07 Å². The van der Waals surface area contributed by atoms with Crippen LogP contribution in [0.15, 0.2) is 18.2 Å². The van der Waals surface area contributed by atoms with Gasteiger partial charge in [-0.25, -0.2) is 14.2 Å². The number of likely N-dealkylation sites (tertiary alicyclic amines) is 1. The van der Waals surface area contributed by atoms with E-state index in [9.17, 15) is 18.8 Å². The number of carbonyl (C=O) groups excluding carboxylic acids is 2. The van der Waals surface area contributed by atoms with Crippen molar-refractivity contribution < 1.29 is 23.9 Å². The van der Waals surface area contributed by atoms with Gasteiger partial charge in [0.1, 0.15) is 23.7 Å². The molecule has 0 aromatic carbocycles. The predicted molar refractivity (Wildman–Crippen MR) is 70.9 cm³/mol. The number of rotatable bonds is 3. The Bertz CT molecular complexity index is 593. The van der Waals surface area contributed by atoms with Gasteiger partial charge in [0.15, 0.2) is 5.78 Å². The quantitative estimate of drug-likeness (QED) is 0.819. The Morgan fingerprint density at radius 2 is 2.14 bits per heavy atom. The largest absolute Gasteiger partial charge is 0.465 e. The van der Waals surface area contributed by atoms with Gasteiger partial charge in [-0.15, -0.1) is 0 Å². The third-order valence-corrected chi connectivity index (χ3v) is 3.16. The number of ketones is 1. The molecule has 0 saturated carbocycles. The van der Waals surface area contributed by atoms with E-state index < -0.39 is 24.2 Å². The fourth-order valence-electron chi connectivity index (χ4n) is 2.15. The predicted octanol–water partition coefficient (Wildman–Crippen LogP) is 1.31. The lowest BCUT2D eigenvalue weighted by Crippen LogP contribution is -2.42. The number of alkyl halides is 1. The number of nitrogens with zero attached hydrogens (tertiary/aromatic N) is 2. The first-order chi connectivity index (χ1) is 9.88. The lowest BCUT2D eigenvalue weighted by Gasteiger charge is -2.19. The molecule has 2 heterocycles. The number of Topliss-reactive ketones (excluding diaryl/α,β-unsaturated/α-hetero) is 1. The minimum absolute atomic E-state index is 0.125. The van der Waals surface area contributed by atoms with E-state index in [2.05, 4.69) is 10.3 Å². The molecule has 2 rings (SSSR count). The van der Waals surface area contributed by atoms with Crippen molar-refractivity contribution in [1.82, 2.24) is 9.88 Å². The van der Waals surface area contributed by atoms with Crippen LogP contribution in [0.2, 0.25) is 0 Å². The van der Waals surface area contributed by atoms with Crippen molar-refractivity contribution in [3.63, 3.8) is 0 Å². The fourth-order valence-corrected chi connectivity index (χ4v) is 2.15. The van der Waals surface area contributed by atoms with Gasteiger partial charge in [-0.05, 0) is 12.1 Å². The fraction of sp³-hybridized carbons (Fsp3) is 0.385. The standard InChI is InChI=1S/C13H14FN3O4/c1-7(18)9-3-2-4-11(15-9)16-12(19)10-5-8(14)6-17(10)13(20)21/h2-4,8,10H,5-6H2,1H3,(H,20,21)(H,15,16,19)/t8-,10+/m1/s1. The molecule has 0 aliphatic carbocycles. The Kier molecular flexibility index (Phi) is 4.15. The average Bonchev–Trinajstić information content (AvgIpc) is 2.81. The van der Waals surface area contributed by atoms with Crippen molar-refractivity contribution in [3.05, 3.63) is 23.9 Å². The number of amides is 2. The summed E-state index contributed by atoms with van der Waals surface area (Å²) in [5.74, 6) is -0.797.